The van der Waals surface area contributed by atoms with Gasteiger partial charge in [0.1, 0.15) is 0 Å². The number of aromatic nitrogens is 1. The summed E-state index contributed by atoms with van der Waals surface area (Å²) in [6.07, 6.45) is 5.20. The second-order valence-corrected chi connectivity index (χ2v) is 3.09. The van der Waals surface area contributed by atoms with Crippen LogP contribution in [0.25, 0.3) is 10.2 Å². The van der Waals surface area contributed by atoms with Crippen LogP contribution in [0.15, 0.2) is 18.2 Å². The Balaban J connectivity index is -0.000000299. The molecule has 17 heavy (non-hydrogen) atoms. The molecule has 0 amide bonds. The van der Waals surface area contributed by atoms with E-state index >= 15 is 0 Å². The van der Waals surface area contributed by atoms with E-state index in [0.717, 1.165) is 15.2 Å². The van der Waals surface area contributed by atoms with Gasteiger partial charge in [-0.25, -0.2) is 0 Å². The Labute approximate surface area is 135 Å². The summed E-state index contributed by atoms with van der Waals surface area (Å²) in [5, 5.41) is 0.736. The molecular weight excluding hydrogens is 303 g/mol. The van der Waals surface area contributed by atoms with Crippen molar-refractivity contribution < 1.29 is 32.7 Å². The standard InChI is InChI=1S/C9H4NS.2C2H6.CH3.Y/c1-2-9-10-7-5-3-4-6-8(7)11-9;2*1-2;;/h1,3,5-6H;2*1-2H3;1H3;/q-1;;;-1;. The maximum absolute atomic E-state index is 5.20. The Hall–Kier alpha value is -0.226. The van der Waals surface area contributed by atoms with Gasteiger partial charge in [0, 0.05) is 32.7 Å². The first-order valence-corrected chi connectivity index (χ1v) is 5.95. The molecule has 0 N–H and O–H groups in total. The summed E-state index contributed by atoms with van der Waals surface area (Å²) in [6, 6.07) is 8.62. The van der Waals surface area contributed by atoms with E-state index in [4.69, 9.17) is 6.42 Å². The first-order chi connectivity index (χ1) is 7.40. The maximum atomic E-state index is 5.20. The van der Waals surface area contributed by atoms with Gasteiger partial charge in [-0.05, 0) is 11.4 Å². The zero-order valence-electron chi connectivity index (χ0n) is 11.2. The number of rotatable bonds is 0. The minimum absolute atomic E-state index is 0. The van der Waals surface area contributed by atoms with Crippen LogP contribution in [0.3, 0.4) is 0 Å². The van der Waals surface area contributed by atoms with Crippen LogP contribution >= 0.6 is 11.3 Å². The number of hydrogen-bond donors (Lipinski definition) is 0. The van der Waals surface area contributed by atoms with Gasteiger partial charge in [-0.15, -0.1) is 12.5 Å². The first-order valence-electron chi connectivity index (χ1n) is 5.13. The summed E-state index contributed by atoms with van der Waals surface area (Å²) in [4.78, 5) is 4.19. The van der Waals surface area contributed by atoms with Crippen molar-refractivity contribution in [2.75, 3.05) is 0 Å². The van der Waals surface area contributed by atoms with Crippen molar-refractivity contribution in [3.63, 3.8) is 0 Å². The van der Waals surface area contributed by atoms with E-state index < -0.39 is 0 Å². The van der Waals surface area contributed by atoms with E-state index in [1.807, 2.05) is 45.9 Å². The fourth-order valence-electron chi connectivity index (χ4n) is 0.879. The molecule has 0 spiro atoms. The van der Waals surface area contributed by atoms with Gasteiger partial charge in [0.2, 0.25) is 0 Å². The molecule has 0 saturated carbocycles. The van der Waals surface area contributed by atoms with E-state index in [-0.39, 0.29) is 40.1 Å². The quantitative estimate of drug-likeness (QED) is 0.511. The van der Waals surface area contributed by atoms with Gasteiger partial charge < -0.3 is 7.43 Å². The molecule has 0 unspecified atom stereocenters. The number of nitrogens with zero attached hydrogens (tertiary/aromatic N) is 1. The van der Waals surface area contributed by atoms with Crippen LogP contribution in [0, 0.1) is 25.8 Å². The molecule has 0 fully saturated rings. The number of hydrogen-bond acceptors (Lipinski definition) is 2. The van der Waals surface area contributed by atoms with E-state index in [0.29, 0.717) is 0 Å². The molecule has 1 heterocycles. The molecule has 1 aromatic carbocycles. The summed E-state index contributed by atoms with van der Waals surface area (Å²) in [6.45, 7) is 8.00. The Bertz CT molecular complexity index is 396. The number of terminal acetylenes is 1. The fourth-order valence-corrected chi connectivity index (χ4v) is 1.64. The Morgan fingerprint density at radius 3 is 2.35 bits per heavy atom. The normalized spacial score (nSPS) is 7.00. The molecule has 0 aliphatic rings. The van der Waals surface area contributed by atoms with Crippen molar-refractivity contribution in [2.24, 2.45) is 0 Å². The van der Waals surface area contributed by atoms with Crippen LogP contribution in [0.1, 0.15) is 32.7 Å². The summed E-state index contributed by atoms with van der Waals surface area (Å²) < 4.78 is 1.10. The van der Waals surface area contributed by atoms with Crippen molar-refractivity contribution >= 4 is 21.6 Å². The molecule has 91 valence electrons. The van der Waals surface area contributed by atoms with Gasteiger partial charge in [-0.3, -0.25) is 4.98 Å². The van der Waals surface area contributed by atoms with Crippen molar-refractivity contribution in [3.05, 3.63) is 36.7 Å². The third kappa shape index (κ3) is 6.93. The monoisotopic (exact) mass is 322 g/mol. The van der Waals surface area contributed by atoms with Crippen LogP contribution in [0.5, 0.6) is 0 Å². The van der Waals surface area contributed by atoms with Crippen LogP contribution in [-0.4, -0.2) is 4.98 Å². The predicted molar refractivity (Wildman–Crippen MR) is 75.5 cm³/mol. The Morgan fingerprint density at radius 2 is 1.88 bits per heavy atom. The van der Waals surface area contributed by atoms with E-state index in [1.54, 1.807) is 0 Å². The van der Waals surface area contributed by atoms with Crippen LogP contribution in [0.4, 0.5) is 0 Å². The van der Waals surface area contributed by atoms with E-state index in [9.17, 15) is 0 Å². The first kappa shape index (κ1) is 22.0. The molecule has 0 bridgehead atoms. The van der Waals surface area contributed by atoms with Crippen molar-refractivity contribution in [1.82, 2.24) is 4.98 Å². The van der Waals surface area contributed by atoms with Gasteiger partial charge in [0.15, 0.2) is 5.01 Å². The molecule has 2 rings (SSSR count). The van der Waals surface area contributed by atoms with Gasteiger partial charge >= 0.3 is 0 Å². The van der Waals surface area contributed by atoms with Gasteiger partial charge in [0.05, 0.1) is 0 Å². The average molecular weight is 322 g/mol. The third-order valence-electron chi connectivity index (χ3n) is 1.36. The SMILES string of the molecule is C#Cc1nc2cc[c-]cc2s1.CC.CC.[CH3-].[Y]. The van der Waals surface area contributed by atoms with Gasteiger partial charge in [-0.1, -0.05) is 32.4 Å². The van der Waals surface area contributed by atoms with Crippen molar-refractivity contribution in [1.29, 1.82) is 0 Å². The molecule has 0 atom stereocenters. The number of benzene rings is 1. The fraction of sp³-hybridized carbons (Fsp3) is 0.286. The zero-order valence-corrected chi connectivity index (χ0v) is 14.9. The van der Waals surface area contributed by atoms with Crippen molar-refractivity contribution in [3.8, 4) is 12.3 Å². The molecule has 1 radical (unpaired) electrons. The molecule has 0 aliphatic carbocycles. The molecular formula is C14H19NSY-2. The topological polar surface area (TPSA) is 12.9 Å². The second-order valence-electron chi connectivity index (χ2n) is 2.06. The van der Waals surface area contributed by atoms with Crippen LogP contribution in [0.2, 0.25) is 0 Å². The molecule has 0 saturated heterocycles. The minimum Gasteiger partial charge on any atom is -0.358 e. The zero-order chi connectivity index (χ0) is 11.7. The minimum atomic E-state index is 0. The number of thiazole rings is 1. The van der Waals surface area contributed by atoms with Crippen LogP contribution in [-0.2, 0) is 32.7 Å². The largest absolute Gasteiger partial charge is 0.358 e. The van der Waals surface area contributed by atoms with E-state index in [2.05, 4.69) is 17.0 Å². The summed E-state index contributed by atoms with van der Waals surface area (Å²) in [7, 11) is 0. The predicted octanol–water partition coefficient (Wildman–Crippen LogP) is 4.58. The number of fused-ring (bicyclic) bond motifs is 1. The van der Waals surface area contributed by atoms with Gasteiger partial charge in [-0.2, -0.15) is 29.5 Å². The van der Waals surface area contributed by atoms with E-state index in [1.165, 1.54) is 11.3 Å². The Morgan fingerprint density at radius 1 is 1.29 bits per heavy atom. The summed E-state index contributed by atoms with van der Waals surface area (Å²) >= 11 is 1.52. The second kappa shape index (κ2) is 13.8. The van der Waals surface area contributed by atoms with Crippen LogP contribution < -0.4 is 0 Å². The third-order valence-corrected chi connectivity index (χ3v) is 2.31. The molecule has 1 aromatic heterocycles. The Kier molecular flexibility index (Phi) is 17.9. The smallest absolute Gasteiger partial charge is 0.153 e. The summed E-state index contributed by atoms with van der Waals surface area (Å²) in [5.74, 6) is 2.51. The van der Waals surface area contributed by atoms with Gasteiger partial charge in [0.25, 0.3) is 0 Å². The molecule has 2 aromatic rings. The molecule has 0 aliphatic heterocycles. The molecule has 3 heteroatoms. The van der Waals surface area contributed by atoms with Crippen molar-refractivity contribution in [2.45, 2.75) is 27.7 Å². The maximum Gasteiger partial charge on any atom is 0.153 e. The average Bonchev–Trinajstić information content (AvgIpc) is 2.77. The molecule has 1 nitrogen and oxygen atoms in total. The summed E-state index contributed by atoms with van der Waals surface area (Å²) in [5.41, 5.74) is 0.960.